The van der Waals surface area contributed by atoms with Gasteiger partial charge in [-0.2, -0.15) is 0 Å². The molecule has 22 heavy (non-hydrogen) atoms. The summed E-state index contributed by atoms with van der Waals surface area (Å²) in [5, 5.41) is 5.21. The van der Waals surface area contributed by atoms with Crippen molar-refractivity contribution in [1.29, 1.82) is 0 Å². The number of hydrogen-bond donors (Lipinski definition) is 2. The molecule has 3 nitrogen and oxygen atoms in total. The lowest BCUT2D eigenvalue weighted by Gasteiger charge is -2.10. The van der Waals surface area contributed by atoms with E-state index in [1.165, 1.54) is 24.3 Å². The molecule has 0 radical (unpaired) electrons. The molecule has 0 aliphatic carbocycles. The van der Waals surface area contributed by atoms with Gasteiger partial charge in [0.1, 0.15) is 11.6 Å². The Labute approximate surface area is 140 Å². The maximum Gasteiger partial charge on any atom is 0.257 e. The van der Waals surface area contributed by atoms with E-state index in [0.29, 0.717) is 11.1 Å². The Balaban J connectivity index is 2.05. The van der Waals surface area contributed by atoms with Crippen LogP contribution in [-0.4, -0.2) is 11.0 Å². The molecular formula is C14H8Cl2F2N2OS. The molecule has 2 aromatic rings. The van der Waals surface area contributed by atoms with Crippen LogP contribution in [0.4, 0.5) is 14.5 Å². The fourth-order valence-corrected chi connectivity index (χ4v) is 2.06. The zero-order valence-corrected chi connectivity index (χ0v) is 13.1. The number of halogens is 4. The summed E-state index contributed by atoms with van der Waals surface area (Å²) in [4.78, 5) is 12.0. The highest BCUT2D eigenvalue weighted by molar-refractivity contribution is 7.80. The first-order valence-corrected chi connectivity index (χ1v) is 7.05. The van der Waals surface area contributed by atoms with Gasteiger partial charge in [0.2, 0.25) is 0 Å². The van der Waals surface area contributed by atoms with Gasteiger partial charge >= 0.3 is 0 Å². The average molecular weight is 361 g/mol. The quantitative estimate of drug-likeness (QED) is 0.780. The Kier molecular flexibility index (Phi) is 5.28. The Morgan fingerprint density at radius 1 is 1.05 bits per heavy atom. The topological polar surface area (TPSA) is 41.1 Å². The molecule has 0 heterocycles. The van der Waals surface area contributed by atoms with Crippen molar-refractivity contribution in [2.24, 2.45) is 0 Å². The van der Waals surface area contributed by atoms with Gasteiger partial charge in [0, 0.05) is 11.6 Å². The van der Waals surface area contributed by atoms with Crippen molar-refractivity contribution in [1.82, 2.24) is 5.32 Å². The second kappa shape index (κ2) is 7.00. The van der Waals surface area contributed by atoms with Gasteiger partial charge in [0.05, 0.1) is 15.7 Å². The first kappa shape index (κ1) is 16.6. The van der Waals surface area contributed by atoms with Gasteiger partial charge in [0.25, 0.3) is 5.91 Å². The maximum atomic E-state index is 13.5. The molecule has 0 saturated heterocycles. The van der Waals surface area contributed by atoms with Gasteiger partial charge in [-0.3, -0.25) is 10.1 Å². The molecule has 0 spiro atoms. The van der Waals surface area contributed by atoms with Crippen molar-refractivity contribution >= 4 is 52.1 Å². The van der Waals surface area contributed by atoms with Crippen LogP contribution in [0.25, 0.3) is 0 Å². The number of amides is 1. The minimum atomic E-state index is -0.828. The van der Waals surface area contributed by atoms with Crippen LogP contribution in [0.15, 0.2) is 36.4 Å². The van der Waals surface area contributed by atoms with Crippen LogP contribution in [0.3, 0.4) is 0 Å². The first-order chi connectivity index (χ1) is 10.4. The van der Waals surface area contributed by atoms with E-state index in [4.69, 9.17) is 35.4 Å². The van der Waals surface area contributed by atoms with E-state index in [1.807, 2.05) is 0 Å². The minimum Gasteiger partial charge on any atom is -0.330 e. The van der Waals surface area contributed by atoms with E-state index < -0.39 is 17.5 Å². The predicted octanol–water partition coefficient (Wildman–Crippen LogP) is 4.40. The van der Waals surface area contributed by atoms with Crippen molar-refractivity contribution < 1.29 is 13.6 Å². The number of carbonyl (C=O) groups excluding carboxylic acids is 1. The SMILES string of the molecule is O=C(NC(=S)Nc1ccc(F)cc1F)c1ccc(Cl)c(Cl)c1. The molecule has 0 aromatic heterocycles. The molecule has 8 heteroatoms. The highest BCUT2D eigenvalue weighted by Gasteiger charge is 2.11. The van der Waals surface area contributed by atoms with Gasteiger partial charge in [-0.15, -0.1) is 0 Å². The largest absolute Gasteiger partial charge is 0.330 e. The number of carbonyl (C=O) groups is 1. The zero-order chi connectivity index (χ0) is 16.3. The number of rotatable bonds is 2. The summed E-state index contributed by atoms with van der Waals surface area (Å²) >= 11 is 16.5. The molecule has 0 aliphatic heterocycles. The van der Waals surface area contributed by atoms with E-state index >= 15 is 0 Å². The van der Waals surface area contributed by atoms with Crippen LogP contribution in [0, 0.1) is 11.6 Å². The number of thiocarbonyl (C=S) groups is 1. The van der Waals surface area contributed by atoms with Crippen molar-refractivity contribution in [3.63, 3.8) is 0 Å². The molecule has 0 fully saturated rings. The van der Waals surface area contributed by atoms with Crippen LogP contribution in [0.2, 0.25) is 10.0 Å². The molecule has 2 rings (SSSR count). The summed E-state index contributed by atoms with van der Waals surface area (Å²) < 4.78 is 26.3. The predicted molar refractivity (Wildman–Crippen MR) is 86.5 cm³/mol. The van der Waals surface area contributed by atoms with E-state index in [-0.39, 0.29) is 21.4 Å². The smallest absolute Gasteiger partial charge is 0.257 e. The van der Waals surface area contributed by atoms with Gasteiger partial charge in [0.15, 0.2) is 5.11 Å². The Bertz CT molecular complexity index is 756. The lowest BCUT2D eigenvalue weighted by atomic mass is 10.2. The Hall–Kier alpha value is -1.76. The molecule has 0 saturated carbocycles. The van der Waals surface area contributed by atoms with Crippen LogP contribution in [0.1, 0.15) is 10.4 Å². The lowest BCUT2D eigenvalue weighted by molar-refractivity contribution is 0.0977. The molecule has 0 aliphatic rings. The fourth-order valence-electron chi connectivity index (χ4n) is 1.56. The summed E-state index contributed by atoms with van der Waals surface area (Å²) in [7, 11) is 0. The van der Waals surface area contributed by atoms with Crippen molar-refractivity contribution in [3.8, 4) is 0 Å². The van der Waals surface area contributed by atoms with Gasteiger partial charge in [-0.1, -0.05) is 23.2 Å². The fraction of sp³-hybridized carbons (Fsp3) is 0. The van der Waals surface area contributed by atoms with Crippen LogP contribution in [0.5, 0.6) is 0 Å². The summed E-state index contributed by atoms with van der Waals surface area (Å²) in [6, 6.07) is 7.24. The molecule has 0 atom stereocenters. The number of benzene rings is 2. The number of hydrogen-bond acceptors (Lipinski definition) is 2. The van der Waals surface area contributed by atoms with Crippen LogP contribution >= 0.6 is 35.4 Å². The molecule has 0 unspecified atom stereocenters. The van der Waals surface area contributed by atoms with Gasteiger partial charge in [-0.25, -0.2) is 8.78 Å². The average Bonchev–Trinajstić information content (AvgIpc) is 2.45. The summed E-state index contributed by atoms with van der Waals surface area (Å²) in [5.74, 6) is -2.08. The highest BCUT2D eigenvalue weighted by atomic mass is 35.5. The normalized spacial score (nSPS) is 10.2. The Morgan fingerprint density at radius 2 is 1.77 bits per heavy atom. The van der Waals surface area contributed by atoms with E-state index in [0.717, 1.165) is 6.07 Å². The molecule has 0 bridgehead atoms. The third-order valence-corrected chi connectivity index (χ3v) is 3.53. The van der Waals surface area contributed by atoms with Gasteiger partial charge in [-0.05, 0) is 42.5 Å². The van der Waals surface area contributed by atoms with Crippen molar-refractivity contribution in [3.05, 3.63) is 63.6 Å². The van der Waals surface area contributed by atoms with E-state index in [9.17, 15) is 13.6 Å². The molecular weight excluding hydrogens is 353 g/mol. The second-order valence-corrected chi connectivity index (χ2v) is 5.38. The third-order valence-electron chi connectivity index (χ3n) is 2.59. The monoisotopic (exact) mass is 360 g/mol. The Morgan fingerprint density at radius 3 is 2.41 bits per heavy atom. The standard InChI is InChI=1S/C14H8Cl2F2N2OS/c15-9-3-1-7(5-10(9)16)13(21)20-14(22)19-12-4-2-8(17)6-11(12)18/h1-6H,(H2,19,20,21,22). The number of anilines is 1. The van der Waals surface area contributed by atoms with Crippen molar-refractivity contribution in [2.75, 3.05) is 5.32 Å². The number of nitrogens with one attached hydrogen (secondary N) is 2. The minimum absolute atomic E-state index is 0.0548. The van der Waals surface area contributed by atoms with Crippen LogP contribution < -0.4 is 10.6 Å². The van der Waals surface area contributed by atoms with Crippen LogP contribution in [-0.2, 0) is 0 Å². The zero-order valence-electron chi connectivity index (χ0n) is 10.8. The van der Waals surface area contributed by atoms with E-state index in [1.54, 1.807) is 0 Å². The first-order valence-electron chi connectivity index (χ1n) is 5.89. The summed E-state index contributed by atoms with van der Waals surface area (Å²) in [6.45, 7) is 0. The molecule has 114 valence electrons. The van der Waals surface area contributed by atoms with E-state index in [2.05, 4.69) is 10.6 Å². The second-order valence-electron chi connectivity index (χ2n) is 4.16. The highest BCUT2D eigenvalue weighted by Crippen LogP contribution is 2.22. The summed E-state index contributed by atoms with van der Waals surface area (Å²) in [5.41, 5.74) is 0.180. The molecule has 1 amide bonds. The molecule has 2 N–H and O–H groups in total. The summed E-state index contributed by atoms with van der Waals surface area (Å²) in [6.07, 6.45) is 0. The van der Waals surface area contributed by atoms with Crippen molar-refractivity contribution in [2.45, 2.75) is 0 Å². The maximum absolute atomic E-state index is 13.5. The lowest BCUT2D eigenvalue weighted by Crippen LogP contribution is -2.34. The van der Waals surface area contributed by atoms with Gasteiger partial charge < -0.3 is 5.32 Å². The third kappa shape index (κ3) is 4.13. The molecule has 2 aromatic carbocycles.